The third-order valence-corrected chi connectivity index (χ3v) is 4.83. The van der Waals surface area contributed by atoms with Gasteiger partial charge in [-0.15, -0.1) is 0 Å². The lowest BCUT2D eigenvalue weighted by Crippen LogP contribution is -2.21. The summed E-state index contributed by atoms with van der Waals surface area (Å²) >= 11 is 3.60. The first kappa shape index (κ1) is 13.3. The molecule has 1 aromatic rings. The summed E-state index contributed by atoms with van der Waals surface area (Å²) in [4.78, 5) is 0. The quantitative estimate of drug-likeness (QED) is 0.915. The summed E-state index contributed by atoms with van der Waals surface area (Å²) in [5.74, 6) is 3.45. The number of benzene rings is 1. The second-order valence-electron chi connectivity index (χ2n) is 5.71. The molecule has 1 heterocycles. The molecule has 19 heavy (non-hydrogen) atoms. The van der Waals surface area contributed by atoms with Crippen LogP contribution in [0.4, 0.5) is 0 Å². The van der Waals surface area contributed by atoms with E-state index in [0.29, 0.717) is 6.79 Å². The van der Waals surface area contributed by atoms with E-state index in [1.54, 1.807) is 0 Å². The molecule has 0 aromatic heterocycles. The minimum absolute atomic E-state index is 0.332. The number of rotatable bonds is 4. The molecule has 1 saturated carbocycles. The maximum Gasteiger partial charge on any atom is 0.231 e. The Bertz CT molecular complexity index is 464. The Morgan fingerprint density at radius 3 is 2.79 bits per heavy atom. The van der Waals surface area contributed by atoms with Gasteiger partial charge in [0, 0.05) is 11.0 Å². The van der Waals surface area contributed by atoms with Gasteiger partial charge in [-0.25, -0.2) is 0 Å². The number of fused-ring (bicyclic) bond motifs is 1. The van der Waals surface area contributed by atoms with Crippen LogP contribution in [0.25, 0.3) is 0 Å². The Labute approximate surface area is 122 Å². The molecular formula is C15H20BrNO2. The van der Waals surface area contributed by atoms with Gasteiger partial charge >= 0.3 is 0 Å². The zero-order valence-electron chi connectivity index (χ0n) is 11.2. The second-order valence-corrected chi connectivity index (χ2v) is 6.57. The average Bonchev–Trinajstić information content (AvgIpc) is 2.98. The normalized spacial score (nSPS) is 24.9. The number of hydrogen-bond acceptors (Lipinski definition) is 3. The first-order chi connectivity index (χ1) is 9.22. The Kier molecular flexibility index (Phi) is 3.99. The molecule has 3 rings (SSSR count). The van der Waals surface area contributed by atoms with Crippen molar-refractivity contribution in [3.05, 3.63) is 22.2 Å². The third kappa shape index (κ3) is 3.06. The number of nitrogens with one attached hydrogen (secondary N) is 1. The largest absolute Gasteiger partial charge is 0.454 e. The first-order valence-corrected chi connectivity index (χ1v) is 7.80. The lowest BCUT2D eigenvalue weighted by atomic mass is 10.1. The Morgan fingerprint density at radius 1 is 1.26 bits per heavy atom. The van der Waals surface area contributed by atoms with Crippen molar-refractivity contribution >= 4 is 15.9 Å². The monoisotopic (exact) mass is 325 g/mol. The molecule has 0 spiro atoms. The summed E-state index contributed by atoms with van der Waals surface area (Å²) in [6, 6.07) is 4.06. The smallest absolute Gasteiger partial charge is 0.231 e. The van der Waals surface area contributed by atoms with Crippen LogP contribution in [0, 0.1) is 11.8 Å². The van der Waals surface area contributed by atoms with Crippen molar-refractivity contribution in [2.45, 2.75) is 32.7 Å². The van der Waals surface area contributed by atoms with Gasteiger partial charge in [-0.2, -0.15) is 0 Å². The maximum absolute atomic E-state index is 5.42. The van der Waals surface area contributed by atoms with Gasteiger partial charge in [-0.05, 0) is 48.9 Å². The van der Waals surface area contributed by atoms with Gasteiger partial charge in [-0.3, -0.25) is 0 Å². The van der Waals surface area contributed by atoms with Crippen LogP contribution in [0.5, 0.6) is 11.5 Å². The molecule has 2 atom stereocenters. The summed E-state index contributed by atoms with van der Waals surface area (Å²) in [5, 5.41) is 3.57. The van der Waals surface area contributed by atoms with Gasteiger partial charge in [0.25, 0.3) is 0 Å². The molecule has 104 valence electrons. The van der Waals surface area contributed by atoms with E-state index in [1.165, 1.54) is 24.8 Å². The van der Waals surface area contributed by atoms with Crippen molar-refractivity contribution < 1.29 is 9.47 Å². The van der Waals surface area contributed by atoms with Crippen LogP contribution < -0.4 is 14.8 Å². The van der Waals surface area contributed by atoms with Crippen molar-refractivity contribution in [2.75, 3.05) is 13.3 Å². The molecule has 0 bridgehead atoms. The minimum atomic E-state index is 0.332. The maximum atomic E-state index is 5.42. The van der Waals surface area contributed by atoms with Crippen molar-refractivity contribution in [1.29, 1.82) is 0 Å². The van der Waals surface area contributed by atoms with E-state index in [0.717, 1.165) is 40.9 Å². The predicted molar refractivity (Wildman–Crippen MR) is 78.5 cm³/mol. The summed E-state index contributed by atoms with van der Waals surface area (Å²) in [6.07, 6.45) is 4.13. The third-order valence-electron chi connectivity index (χ3n) is 4.09. The van der Waals surface area contributed by atoms with E-state index >= 15 is 0 Å². The minimum Gasteiger partial charge on any atom is -0.454 e. The van der Waals surface area contributed by atoms with E-state index in [-0.39, 0.29) is 0 Å². The number of hydrogen-bond donors (Lipinski definition) is 1. The molecule has 0 amide bonds. The highest BCUT2D eigenvalue weighted by atomic mass is 79.9. The van der Waals surface area contributed by atoms with Crippen molar-refractivity contribution in [3.63, 3.8) is 0 Å². The fourth-order valence-corrected chi connectivity index (χ4v) is 3.48. The average molecular weight is 326 g/mol. The van der Waals surface area contributed by atoms with Gasteiger partial charge in [0.2, 0.25) is 6.79 Å². The predicted octanol–water partition coefficient (Wildman–Crippen LogP) is 3.70. The van der Waals surface area contributed by atoms with E-state index in [2.05, 4.69) is 34.2 Å². The summed E-state index contributed by atoms with van der Waals surface area (Å²) < 4.78 is 11.9. The highest BCUT2D eigenvalue weighted by molar-refractivity contribution is 9.10. The summed E-state index contributed by atoms with van der Waals surface area (Å²) in [7, 11) is 0. The molecule has 1 N–H and O–H groups in total. The number of ether oxygens (including phenoxy) is 2. The Hall–Kier alpha value is -0.740. The van der Waals surface area contributed by atoms with E-state index in [1.807, 2.05) is 6.07 Å². The topological polar surface area (TPSA) is 30.5 Å². The highest BCUT2D eigenvalue weighted by Gasteiger charge is 2.21. The Balaban J connectivity index is 1.55. The van der Waals surface area contributed by atoms with Gasteiger partial charge in [-0.1, -0.05) is 29.3 Å². The van der Waals surface area contributed by atoms with Crippen LogP contribution in [0.3, 0.4) is 0 Å². The van der Waals surface area contributed by atoms with Crippen LogP contribution in [0.1, 0.15) is 31.7 Å². The molecule has 1 fully saturated rings. The lowest BCUT2D eigenvalue weighted by molar-refractivity contribution is 0.174. The standard InChI is InChI=1S/C15H20BrNO2/c1-10-2-3-11(4-10)7-17-8-12-5-14-15(6-13(12)16)19-9-18-14/h5-6,10-11,17H,2-4,7-9H2,1H3. The Morgan fingerprint density at radius 2 is 2.05 bits per heavy atom. The molecule has 1 aliphatic carbocycles. The number of halogens is 1. The van der Waals surface area contributed by atoms with Crippen LogP contribution in [-0.2, 0) is 6.54 Å². The van der Waals surface area contributed by atoms with Gasteiger partial charge in [0.15, 0.2) is 11.5 Å². The van der Waals surface area contributed by atoms with Crippen molar-refractivity contribution in [1.82, 2.24) is 5.32 Å². The molecule has 4 heteroatoms. The van der Waals surface area contributed by atoms with Crippen LogP contribution in [-0.4, -0.2) is 13.3 Å². The van der Waals surface area contributed by atoms with E-state index in [9.17, 15) is 0 Å². The molecule has 0 radical (unpaired) electrons. The molecule has 0 saturated heterocycles. The van der Waals surface area contributed by atoms with Gasteiger partial charge < -0.3 is 14.8 Å². The van der Waals surface area contributed by atoms with Gasteiger partial charge in [0.1, 0.15) is 0 Å². The molecule has 1 aromatic carbocycles. The van der Waals surface area contributed by atoms with Crippen LogP contribution in [0.15, 0.2) is 16.6 Å². The van der Waals surface area contributed by atoms with E-state index < -0.39 is 0 Å². The zero-order valence-corrected chi connectivity index (χ0v) is 12.8. The zero-order chi connectivity index (χ0) is 13.2. The van der Waals surface area contributed by atoms with E-state index in [4.69, 9.17) is 9.47 Å². The highest BCUT2D eigenvalue weighted by Crippen LogP contribution is 2.37. The fraction of sp³-hybridized carbons (Fsp3) is 0.600. The molecule has 3 nitrogen and oxygen atoms in total. The molecule has 2 unspecified atom stereocenters. The molecular weight excluding hydrogens is 306 g/mol. The van der Waals surface area contributed by atoms with Crippen LogP contribution in [0.2, 0.25) is 0 Å². The molecule has 2 aliphatic rings. The van der Waals surface area contributed by atoms with Crippen molar-refractivity contribution in [3.8, 4) is 11.5 Å². The summed E-state index contributed by atoms with van der Waals surface area (Å²) in [6.45, 7) is 4.68. The first-order valence-electron chi connectivity index (χ1n) is 7.01. The SMILES string of the molecule is CC1CCC(CNCc2cc3c(cc2Br)OCO3)C1. The van der Waals surface area contributed by atoms with Crippen LogP contribution >= 0.6 is 15.9 Å². The second kappa shape index (κ2) is 5.71. The van der Waals surface area contributed by atoms with Crippen molar-refractivity contribution in [2.24, 2.45) is 11.8 Å². The lowest BCUT2D eigenvalue weighted by Gasteiger charge is -2.12. The molecule has 1 aliphatic heterocycles. The fourth-order valence-electron chi connectivity index (χ4n) is 3.02. The summed E-state index contributed by atoms with van der Waals surface area (Å²) in [5.41, 5.74) is 1.23. The van der Waals surface area contributed by atoms with Gasteiger partial charge in [0.05, 0.1) is 0 Å².